The highest BCUT2D eigenvalue weighted by molar-refractivity contribution is 7.47. The van der Waals surface area contributed by atoms with Crippen molar-refractivity contribution in [3.05, 3.63) is 36.5 Å². The molecule has 8 nitrogen and oxygen atoms in total. The summed E-state index contributed by atoms with van der Waals surface area (Å²) in [7, 11) is 1.55. The largest absolute Gasteiger partial charge is 0.472 e. The van der Waals surface area contributed by atoms with Crippen molar-refractivity contribution in [3.63, 3.8) is 0 Å². The van der Waals surface area contributed by atoms with Crippen molar-refractivity contribution < 1.29 is 32.9 Å². The number of nitrogens with one attached hydrogen (secondary N) is 1. The molecule has 0 bridgehead atoms. The predicted molar refractivity (Wildman–Crippen MR) is 244 cm³/mol. The molecule has 9 heteroatoms. The number of carbonyl (C=O) groups excluding carboxylic acids is 1. The van der Waals surface area contributed by atoms with Gasteiger partial charge in [-0.25, -0.2) is 4.57 Å². The lowest BCUT2D eigenvalue weighted by Gasteiger charge is -2.25. The summed E-state index contributed by atoms with van der Waals surface area (Å²) in [5, 5.41) is 13.7. The summed E-state index contributed by atoms with van der Waals surface area (Å²) in [6, 6.07) is -0.860. The monoisotopic (exact) mass is 826 g/mol. The van der Waals surface area contributed by atoms with Crippen molar-refractivity contribution in [3.8, 4) is 0 Å². The van der Waals surface area contributed by atoms with Gasteiger partial charge in [0.25, 0.3) is 0 Å². The van der Waals surface area contributed by atoms with E-state index in [1.165, 1.54) is 154 Å². The molecule has 0 radical (unpaired) electrons. The van der Waals surface area contributed by atoms with Crippen LogP contribution in [0.5, 0.6) is 0 Å². The zero-order valence-electron chi connectivity index (χ0n) is 38.1. The molecule has 3 unspecified atom stereocenters. The van der Waals surface area contributed by atoms with Crippen LogP contribution in [-0.2, 0) is 18.4 Å². The molecule has 0 aromatic rings. The number of phosphoric acid groups is 1. The molecular weight excluding hydrogens is 732 g/mol. The molecule has 0 rings (SSSR count). The van der Waals surface area contributed by atoms with Crippen LogP contribution in [0.3, 0.4) is 0 Å². The molecule has 336 valence electrons. The summed E-state index contributed by atoms with van der Waals surface area (Å²) in [5.41, 5.74) is 0. The second kappa shape index (κ2) is 40.1. The Balaban J connectivity index is 4.12. The first-order valence-electron chi connectivity index (χ1n) is 23.9. The van der Waals surface area contributed by atoms with E-state index in [1.807, 2.05) is 27.2 Å². The number of hydrogen-bond acceptors (Lipinski definition) is 5. The Kier molecular flexibility index (Phi) is 39.2. The maximum Gasteiger partial charge on any atom is 0.472 e. The molecule has 3 atom stereocenters. The Morgan fingerprint density at radius 3 is 1.44 bits per heavy atom. The van der Waals surface area contributed by atoms with E-state index in [2.05, 4.69) is 43.5 Å². The molecule has 0 aliphatic heterocycles. The quantitative estimate of drug-likeness (QED) is 0.0245. The van der Waals surface area contributed by atoms with Gasteiger partial charge in [0.05, 0.1) is 39.9 Å². The Morgan fingerprint density at radius 1 is 0.579 bits per heavy atom. The zero-order valence-corrected chi connectivity index (χ0v) is 39.0. The summed E-state index contributed by atoms with van der Waals surface area (Å²) in [5.74, 6) is -0.191. The highest BCUT2D eigenvalue weighted by Gasteiger charge is 2.27. The maximum absolute atomic E-state index is 12.8. The number of phosphoric ester groups is 1. The van der Waals surface area contributed by atoms with Crippen molar-refractivity contribution in [2.45, 2.75) is 225 Å². The second-order valence-electron chi connectivity index (χ2n) is 17.5. The summed E-state index contributed by atoms with van der Waals surface area (Å²) < 4.78 is 23.5. The maximum atomic E-state index is 12.8. The third-order valence-electron chi connectivity index (χ3n) is 10.6. The molecule has 0 saturated heterocycles. The third kappa shape index (κ3) is 42.6. The molecule has 0 aliphatic carbocycles. The average molecular weight is 826 g/mol. The van der Waals surface area contributed by atoms with E-state index in [0.717, 1.165) is 38.5 Å². The molecule has 1 amide bonds. The minimum Gasteiger partial charge on any atom is -0.387 e. The van der Waals surface area contributed by atoms with Gasteiger partial charge in [0, 0.05) is 6.42 Å². The smallest absolute Gasteiger partial charge is 0.387 e. The summed E-state index contributed by atoms with van der Waals surface area (Å²) >= 11 is 0. The van der Waals surface area contributed by atoms with Gasteiger partial charge in [-0.3, -0.25) is 13.8 Å². The van der Waals surface area contributed by atoms with E-state index < -0.39 is 20.0 Å². The number of nitrogens with zero attached hydrogens (tertiary/aromatic N) is 1. The van der Waals surface area contributed by atoms with Gasteiger partial charge in [0.2, 0.25) is 5.91 Å². The van der Waals surface area contributed by atoms with Crippen LogP contribution in [0.15, 0.2) is 36.5 Å². The fourth-order valence-electron chi connectivity index (χ4n) is 6.76. The van der Waals surface area contributed by atoms with Crippen molar-refractivity contribution in [1.29, 1.82) is 0 Å². The molecule has 0 aromatic carbocycles. The van der Waals surface area contributed by atoms with Crippen LogP contribution in [0.4, 0.5) is 0 Å². The first kappa shape index (κ1) is 55.7. The van der Waals surface area contributed by atoms with Gasteiger partial charge < -0.3 is 19.8 Å². The lowest BCUT2D eigenvalue weighted by atomic mass is 10.0. The predicted octanol–water partition coefficient (Wildman–Crippen LogP) is 13.5. The Bertz CT molecular complexity index is 1030. The number of rotatable bonds is 43. The molecule has 0 aromatic heterocycles. The van der Waals surface area contributed by atoms with Gasteiger partial charge in [-0.15, -0.1) is 0 Å². The van der Waals surface area contributed by atoms with Gasteiger partial charge >= 0.3 is 7.82 Å². The fourth-order valence-corrected chi connectivity index (χ4v) is 7.49. The van der Waals surface area contributed by atoms with Gasteiger partial charge in [0.15, 0.2) is 0 Å². The number of amides is 1. The van der Waals surface area contributed by atoms with Crippen molar-refractivity contribution in [2.75, 3.05) is 40.9 Å². The zero-order chi connectivity index (χ0) is 42.1. The topological polar surface area (TPSA) is 105 Å². The van der Waals surface area contributed by atoms with Crippen LogP contribution in [0.2, 0.25) is 0 Å². The molecular formula is C48H94N2O6P+. The number of carbonyl (C=O) groups is 1. The molecule has 0 heterocycles. The van der Waals surface area contributed by atoms with E-state index in [9.17, 15) is 19.4 Å². The molecule has 57 heavy (non-hydrogen) atoms. The van der Waals surface area contributed by atoms with Crippen molar-refractivity contribution in [2.24, 2.45) is 0 Å². The summed E-state index contributed by atoms with van der Waals surface area (Å²) in [6.07, 6.45) is 49.6. The van der Waals surface area contributed by atoms with Crippen molar-refractivity contribution >= 4 is 13.7 Å². The Hall–Kier alpha value is -1.28. The van der Waals surface area contributed by atoms with E-state index in [1.54, 1.807) is 6.08 Å². The van der Waals surface area contributed by atoms with Crippen molar-refractivity contribution in [1.82, 2.24) is 5.32 Å². The highest BCUT2D eigenvalue weighted by atomic mass is 31.2. The summed E-state index contributed by atoms with van der Waals surface area (Å²) in [4.78, 5) is 23.1. The normalized spacial score (nSPS) is 14.6. The standard InChI is InChI=1S/C48H93N2O6P/c1-6-8-10-12-14-16-17-18-19-20-21-22-23-24-25-26-27-28-29-30-31-32-34-36-38-40-42-48(52)49-46(45-56-57(53,54)55-44-43-50(3,4)5)47(51)41-39-37-35-33-15-13-11-9-7-2/h15,24-25,33,39,41,46-47,51H,6-14,16-23,26-32,34-38,40,42-45H2,1-5H3,(H-,49,52,53,54)/p+1/b25-24-,33-15+,41-39+. The van der Waals surface area contributed by atoms with E-state index in [-0.39, 0.29) is 19.1 Å². The number of aliphatic hydroxyl groups excluding tert-OH is 1. The van der Waals surface area contributed by atoms with Crippen LogP contribution in [0, 0.1) is 0 Å². The average Bonchev–Trinajstić information content (AvgIpc) is 3.16. The van der Waals surface area contributed by atoms with Gasteiger partial charge in [-0.05, 0) is 57.8 Å². The van der Waals surface area contributed by atoms with Crippen LogP contribution >= 0.6 is 7.82 Å². The summed E-state index contributed by atoms with van der Waals surface area (Å²) in [6.45, 7) is 4.74. The van der Waals surface area contributed by atoms with Gasteiger partial charge in [-0.2, -0.15) is 0 Å². The first-order valence-corrected chi connectivity index (χ1v) is 25.4. The highest BCUT2D eigenvalue weighted by Crippen LogP contribution is 2.43. The van der Waals surface area contributed by atoms with E-state index in [4.69, 9.17) is 9.05 Å². The van der Waals surface area contributed by atoms with Gasteiger partial charge in [-0.1, -0.05) is 185 Å². The van der Waals surface area contributed by atoms with Crippen LogP contribution in [-0.4, -0.2) is 73.4 Å². The minimum atomic E-state index is -4.34. The SMILES string of the molecule is CCCCC/C=C/CC/C=C/C(O)C(COP(=O)(O)OCC[N+](C)(C)C)NC(=O)CCCCCCCCCCCC/C=C\CCCCCCCCCCCCCC. The Labute approximate surface area is 353 Å². The van der Waals surface area contributed by atoms with Crippen LogP contribution < -0.4 is 5.32 Å². The third-order valence-corrected chi connectivity index (χ3v) is 11.6. The molecule has 0 aliphatic rings. The second-order valence-corrected chi connectivity index (χ2v) is 18.9. The Morgan fingerprint density at radius 2 is 0.965 bits per heavy atom. The lowest BCUT2D eigenvalue weighted by molar-refractivity contribution is -0.870. The van der Waals surface area contributed by atoms with Crippen LogP contribution in [0.25, 0.3) is 0 Å². The number of aliphatic hydroxyl groups is 1. The number of likely N-dealkylation sites (N-methyl/N-ethyl adjacent to an activating group) is 1. The first-order chi connectivity index (χ1) is 27.5. The van der Waals surface area contributed by atoms with Gasteiger partial charge in [0.1, 0.15) is 13.2 Å². The van der Waals surface area contributed by atoms with E-state index >= 15 is 0 Å². The number of allylic oxidation sites excluding steroid dienone is 5. The molecule has 0 fully saturated rings. The number of hydrogen-bond donors (Lipinski definition) is 3. The number of quaternary nitrogens is 1. The molecule has 0 saturated carbocycles. The molecule has 0 spiro atoms. The van der Waals surface area contributed by atoms with E-state index in [0.29, 0.717) is 17.4 Å². The molecule has 3 N–H and O–H groups in total. The fraction of sp³-hybridized carbons (Fsp3) is 0.854. The minimum absolute atomic E-state index is 0.0557. The van der Waals surface area contributed by atoms with Crippen LogP contribution in [0.1, 0.15) is 213 Å². The number of unbranched alkanes of at least 4 members (excludes halogenated alkanes) is 26. The lowest BCUT2D eigenvalue weighted by Crippen LogP contribution is -2.45.